The van der Waals surface area contributed by atoms with E-state index in [2.05, 4.69) is 5.32 Å². The summed E-state index contributed by atoms with van der Waals surface area (Å²) in [5.74, 6) is 0.264. The second-order valence-corrected chi connectivity index (χ2v) is 8.18. The Kier molecular flexibility index (Phi) is 5.29. The highest BCUT2D eigenvalue weighted by molar-refractivity contribution is 7.89. The first-order valence-corrected chi connectivity index (χ1v) is 9.92. The summed E-state index contributed by atoms with van der Waals surface area (Å²) in [5, 5.41) is 2.77. The maximum absolute atomic E-state index is 12.8. The standard InChI is InChI=1S/C19H22N2O4S/c1-14-8-9-15(12-18(14)26(23,24)21-10-3-4-11-21)19(22)20-16-6-5-7-17(13-16)25-2/h5-9,12-13H,3-4,10-11H2,1-2H3,(H,20,22). The lowest BCUT2D eigenvalue weighted by Gasteiger charge is -2.18. The summed E-state index contributed by atoms with van der Waals surface area (Å²) in [4.78, 5) is 12.8. The molecule has 0 unspecified atom stereocenters. The minimum Gasteiger partial charge on any atom is -0.497 e. The lowest BCUT2D eigenvalue weighted by atomic mass is 10.1. The molecule has 0 saturated carbocycles. The van der Waals surface area contributed by atoms with Crippen LogP contribution in [0.3, 0.4) is 0 Å². The van der Waals surface area contributed by atoms with E-state index in [4.69, 9.17) is 4.74 Å². The molecule has 0 aromatic heterocycles. The fraction of sp³-hybridized carbons (Fsp3) is 0.316. The summed E-state index contributed by atoms with van der Waals surface area (Å²) in [6.45, 7) is 2.80. The van der Waals surface area contributed by atoms with Crippen LogP contribution < -0.4 is 10.1 Å². The van der Waals surface area contributed by atoms with Crippen LogP contribution in [0.15, 0.2) is 47.4 Å². The fourth-order valence-corrected chi connectivity index (χ4v) is 4.76. The minimum absolute atomic E-state index is 0.192. The van der Waals surface area contributed by atoms with E-state index in [0.717, 1.165) is 12.8 Å². The molecule has 1 aliphatic heterocycles. The zero-order chi connectivity index (χ0) is 18.7. The quantitative estimate of drug-likeness (QED) is 0.873. The Morgan fingerprint density at radius 1 is 1.12 bits per heavy atom. The number of sulfonamides is 1. The number of carbonyl (C=O) groups is 1. The largest absolute Gasteiger partial charge is 0.497 e. The van der Waals surface area contributed by atoms with Crippen LogP contribution in [0.2, 0.25) is 0 Å². The van der Waals surface area contributed by atoms with Gasteiger partial charge < -0.3 is 10.1 Å². The van der Waals surface area contributed by atoms with Crippen LogP contribution in [0.25, 0.3) is 0 Å². The molecule has 7 heteroatoms. The van der Waals surface area contributed by atoms with Crippen molar-refractivity contribution in [3.8, 4) is 5.75 Å². The Hall–Kier alpha value is -2.38. The van der Waals surface area contributed by atoms with Crippen molar-refractivity contribution in [1.82, 2.24) is 4.31 Å². The van der Waals surface area contributed by atoms with Gasteiger partial charge in [-0.25, -0.2) is 8.42 Å². The smallest absolute Gasteiger partial charge is 0.255 e. The van der Waals surface area contributed by atoms with Gasteiger partial charge in [-0.05, 0) is 49.6 Å². The monoisotopic (exact) mass is 374 g/mol. The van der Waals surface area contributed by atoms with Crippen molar-refractivity contribution in [2.75, 3.05) is 25.5 Å². The van der Waals surface area contributed by atoms with Crippen LogP contribution in [0, 0.1) is 6.92 Å². The van der Waals surface area contributed by atoms with Crippen molar-refractivity contribution >= 4 is 21.6 Å². The number of carbonyl (C=O) groups excluding carboxylic acids is 1. The van der Waals surface area contributed by atoms with E-state index in [0.29, 0.717) is 35.7 Å². The van der Waals surface area contributed by atoms with Gasteiger partial charge in [0.1, 0.15) is 5.75 Å². The van der Waals surface area contributed by atoms with Gasteiger partial charge in [-0.3, -0.25) is 4.79 Å². The van der Waals surface area contributed by atoms with Crippen molar-refractivity contribution in [1.29, 1.82) is 0 Å². The summed E-state index contributed by atoms with van der Waals surface area (Å²) in [5.41, 5.74) is 1.52. The summed E-state index contributed by atoms with van der Waals surface area (Å²) < 4.78 is 32.3. The maximum Gasteiger partial charge on any atom is 0.255 e. The second kappa shape index (κ2) is 7.47. The average Bonchev–Trinajstić information content (AvgIpc) is 3.17. The molecule has 0 bridgehead atoms. The normalized spacial score (nSPS) is 15.0. The summed E-state index contributed by atoms with van der Waals surface area (Å²) in [6.07, 6.45) is 1.74. The number of benzene rings is 2. The predicted molar refractivity (Wildman–Crippen MR) is 100 cm³/mol. The Balaban J connectivity index is 1.88. The molecule has 138 valence electrons. The third kappa shape index (κ3) is 3.73. The van der Waals surface area contributed by atoms with E-state index < -0.39 is 10.0 Å². The van der Waals surface area contributed by atoms with E-state index >= 15 is 0 Å². The predicted octanol–water partition coefficient (Wildman–Crippen LogP) is 3.04. The molecular formula is C19H22N2O4S. The molecule has 0 aliphatic carbocycles. The van der Waals surface area contributed by atoms with Gasteiger partial charge in [0.15, 0.2) is 0 Å². The van der Waals surface area contributed by atoms with E-state index in [1.54, 1.807) is 50.4 Å². The first-order chi connectivity index (χ1) is 12.4. The Bertz CT molecular complexity index is 919. The molecule has 2 aromatic carbocycles. The summed E-state index contributed by atoms with van der Waals surface area (Å²) in [7, 11) is -2.02. The molecule has 3 rings (SSSR count). The number of aryl methyl sites for hydroxylation is 1. The average molecular weight is 374 g/mol. The molecule has 1 heterocycles. The van der Waals surface area contributed by atoms with Crippen molar-refractivity contribution in [3.05, 3.63) is 53.6 Å². The number of anilines is 1. The highest BCUT2D eigenvalue weighted by Crippen LogP contribution is 2.25. The van der Waals surface area contributed by atoms with Crippen LogP contribution in [0.4, 0.5) is 5.69 Å². The number of hydrogen-bond donors (Lipinski definition) is 1. The van der Waals surface area contributed by atoms with E-state index in [1.807, 2.05) is 0 Å². The summed E-state index contributed by atoms with van der Waals surface area (Å²) >= 11 is 0. The van der Waals surface area contributed by atoms with Crippen LogP contribution in [0.1, 0.15) is 28.8 Å². The fourth-order valence-electron chi connectivity index (χ4n) is 2.99. The molecule has 1 aliphatic rings. The van der Waals surface area contributed by atoms with Gasteiger partial charge in [0, 0.05) is 30.4 Å². The van der Waals surface area contributed by atoms with Crippen LogP contribution in [0.5, 0.6) is 5.75 Å². The van der Waals surface area contributed by atoms with E-state index in [1.165, 1.54) is 10.4 Å². The topological polar surface area (TPSA) is 75.7 Å². The van der Waals surface area contributed by atoms with Crippen molar-refractivity contribution in [3.63, 3.8) is 0 Å². The third-order valence-corrected chi connectivity index (χ3v) is 6.50. The number of methoxy groups -OCH3 is 1. The summed E-state index contributed by atoms with van der Waals surface area (Å²) in [6, 6.07) is 11.8. The highest BCUT2D eigenvalue weighted by Gasteiger charge is 2.29. The van der Waals surface area contributed by atoms with Gasteiger partial charge in [0.2, 0.25) is 10.0 Å². The lowest BCUT2D eigenvalue weighted by molar-refractivity contribution is 0.102. The Morgan fingerprint density at radius 3 is 2.54 bits per heavy atom. The molecule has 2 aromatic rings. The zero-order valence-electron chi connectivity index (χ0n) is 14.9. The number of hydrogen-bond acceptors (Lipinski definition) is 4. The third-order valence-electron chi connectivity index (χ3n) is 4.46. The molecule has 1 saturated heterocycles. The molecule has 0 radical (unpaired) electrons. The molecule has 6 nitrogen and oxygen atoms in total. The van der Waals surface area contributed by atoms with Gasteiger partial charge in [0.25, 0.3) is 5.91 Å². The SMILES string of the molecule is COc1cccc(NC(=O)c2ccc(C)c(S(=O)(=O)N3CCCC3)c2)c1. The van der Waals surface area contributed by atoms with Crippen LogP contribution in [-0.4, -0.2) is 38.8 Å². The van der Waals surface area contributed by atoms with Crippen molar-refractivity contribution < 1.29 is 17.9 Å². The number of ether oxygens (including phenoxy) is 1. The van der Waals surface area contributed by atoms with Gasteiger partial charge in [-0.15, -0.1) is 0 Å². The number of rotatable bonds is 5. The molecule has 1 N–H and O–H groups in total. The molecule has 1 amide bonds. The first-order valence-electron chi connectivity index (χ1n) is 8.48. The first kappa shape index (κ1) is 18.4. The van der Waals surface area contributed by atoms with E-state index in [9.17, 15) is 13.2 Å². The molecule has 26 heavy (non-hydrogen) atoms. The maximum atomic E-state index is 12.8. The van der Waals surface area contributed by atoms with Crippen molar-refractivity contribution in [2.24, 2.45) is 0 Å². The van der Waals surface area contributed by atoms with E-state index in [-0.39, 0.29) is 10.8 Å². The minimum atomic E-state index is -3.58. The van der Waals surface area contributed by atoms with Gasteiger partial charge in [0.05, 0.1) is 12.0 Å². The number of nitrogens with zero attached hydrogens (tertiary/aromatic N) is 1. The Labute approximate surface area is 153 Å². The van der Waals surface area contributed by atoms with Gasteiger partial charge >= 0.3 is 0 Å². The lowest BCUT2D eigenvalue weighted by Crippen LogP contribution is -2.28. The van der Waals surface area contributed by atoms with Gasteiger partial charge in [-0.2, -0.15) is 4.31 Å². The molecule has 0 spiro atoms. The molecule has 1 fully saturated rings. The van der Waals surface area contributed by atoms with Crippen molar-refractivity contribution in [2.45, 2.75) is 24.7 Å². The van der Waals surface area contributed by atoms with Crippen LogP contribution >= 0.6 is 0 Å². The molecular weight excluding hydrogens is 352 g/mol. The van der Waals surface area contributed by atoms with Crippen LogP contribution in [-0.2, 0) is 10.0 Å². The zero-order valence-corrected chi connectivity index (χ0v) is 15.7. The molecule has 0 atom stereocenters. The highest BCUT2D eigenvalue weighted by atomic mass is 32.2. The second-order valence-electron chi connectivity index (χ2n) is 6.28. The number of amides is 1. The number of nitrogens with one attached hydrogen (secondary N) is 1. The Morgan fingerprint density at radius 2 is 1.85 bits per heavy atom. The van der Waals surface area contributed by atoms with Gasteiger partial charge in [-0.1, -0.05) is 12.1 Å².